The highest BCUT2D eigenvalue weighted by Gasteiger charge is 2.22. The Labute approximate surface area is 118 Å². The molecule has 2 N–H and O–H groups in total. The average Bonchev–Trinajstić information content (AvgIpc) is 3.27. The van der Waals surface area contributed by atoms with Crippen LogP contribution in [0.1, 0.15) is 24.8 Å². The summed E-state index contributed by atoms with van der Waals surface area (Å²) >= 11 is 0. The molecule has 4 heteroatoms. The molecule has 4 nitrogen and oxygen atoms in total. The first-order valence-electron chi connectivity index (χ1n) is 7.14. The lowest BCUT2D eigenvalue weighted by molar-refractivity contribution is -0.121. The lowest BCUT2D eigenvalue weighted by atomic mass is 10.1. The summed E-state index contributed by atoms with van der Waals surface area (Å²) in [5, 5.41) is 8.68. The molecule has 0 aliphatic heterocycles. The number of carbonyl (C=O) groups excluding carboxylic acids is 1. The quantitative estimate of drug-likeness (QED) is 0.789. The van der Waals surface area contributed by atoms with Crippen LogP contribution in [0.2, 0.25) is 0 Å². The third kappa shape index (κ3) is 3.33. The summed E-state index contributed by atoms with van der Waals surface area (Å²) in [6, 6.07) is 8.67. The van der Waals surface area contributed by atoms with Gasteiger partial charge in [-0.3, -0.25) is 9.78 Å². The second-order valence-corrected chi connectivity index (χ2v) is 5.29. The Bertz CT molecular complexity index is 602. The van der Waals surface area contributed by atoms with Gasteiger partial charge in [0.15, 0.2) is 0 Å². The summed E-state index contributed by atoms with van der Waals surface area (Å²) in [4.78, 5) is 15.8. The SMILES string of the molecule is O=C(CCNCc1cncc2ccccc12)NC1CC1. The van der Waals surface area contributed by atoms with E-state index in [4.69, 9.17) is 0 Å². The standard InChI is InChI=1S/C16H19N3O/c20-16(19-14-5-6-14)7-8-17-10-13-11-18-9-12-3-1-2-4-15(12)13/h1-4,9,11,14,17H,5-8,10H2,(H,19,20). The number of benzene rings is 1. The van der Waals surface area contributed by atoms with Gasteiger partial charge in [0.25, 0.3) is 0 Å². The van der Waals surface area contributed by atoms with Gasteiger partial charge in [-0.2, -0.15) is 0 Å². The molecular formula is C16H19N3O. The first-order valence-corrected chi connectivity index (χ1v) is 7.14. The highest BCUT2D eigenvalue weighted by Crippen LogP contribution is 2.18. The van der Waals surface area contributed by atoms with Crippen molar-refractivity contribution in [1.82, 2.24) is 15.6 Å². The van der Waals surface area contributed by atoms with E-state index in [-0.39, 0.29) is 5.91 Å². The third-order valence-corrected chi connectivity index (χ3v) is 3.54. The Hall–Kier alpha value is -1.94. The molecule has 3 rings (SSSR count). The smallest absolute Gasteiger partial charge is 0.221 e. The minimum Gasteiger partial charge on any atom is -0.353 e. The predicted molar refractivity (Wildman–Crippen MR) is 79.2 cm³/mol. The van der Waals surface area contributed by atoms with E-state index in [0.29, 0.717) is 19.0 Å². The van der Waals surface area contributed by atoms with Crippen molar-refractivity contribution in [2.75, 3.05) is 6.54 Å². The van der Waals surface area contributed by atoms with Crippen LogP contribution in [0.5, 0.6) is 0 Å². The van der Waals surface area contributed by atoms with Crippen LogP contribution in [0, 0.1) is 0 Å². The van der Waals surface area contributed by atoms with E-state index in [1.165, 1.54) is 10.9 Å². The fourth-order valence-corrected chi connectivity index (χ4v) is 2.27. The number of nitrogens with one attached hydrogen (secondary N) is 2. The number of carbonyl (C=O) groups is 1. The highest BCUT2D eigenvalue weighted by molar-refractivity contribution is 5.84. The molecular weight excluding hydrogens is 250 g/mol. The van der Waals surface area contributed by atoms with Gasteiger partial charge in [-0.15, -0.1) is 0 Å². The fourth-order valence-electron chi connectivity index (χ4n) is 2.27. The van der Waals surface area contributed by atoms with E-state index in [1.54, 1.807) is 0 Å². The normalized spacial score (nSPS) is 14.4. The first-order chi connectivity index (χ1) is 9.83. The summed E-state index contributed by atoms with van der Waals surface area (Å²) in [6.07, 6.45) is 6.58. The molecule has 0 saturated heterocycles. The summed E-state index contributed by atoms with van der Waals surface area (Å²) in [5.41, 5.74) is 1.17. The van der Waals surface area contributed by atoms with Crippen molar-refractivity contribution in [3.05, 3.63) is 42.2 Å². The number of nitrogens with zero attached hydrogens (tertiary/aromatic N) is 1. The summed E-state index contributed by atoms with van der Waals surface area (Å²) in [7, 11) is 0. The van der Waals surface area contributed by atoms with Crippen molar-refractivity contribution in [1.29, 1.82) is 0 Å². The van der Waals surface area contributed by atoms with Gasteiger partial charge >= 0.3 is 0 Å². The van der Waals surface area contributed by atoms with Gasteiger partial charge in [0.1, 0.15) is 0 Å². The zero-order valence-electron chi connectivity index (χ0n) is 11.4. The van der Waals surface area contributed by atoms with Crippen LogP contribution in [0.3, 0.4) is 0 Å². The number of pyridine rings is 1. The second-order valence-electron chi connectivity index (χ2n) is 5.29. The molecule has 1 aliphatic carbocycles. The number of hydrogen-bond acceptors (Lipinski definition) is 3. The van der Waals surface area contributed by atoms with Gasteiger partial charge in [-0.1, -0.05) is 24.3 Å². The Morgan fingerprint density at radius 2 is 2.10 bits per heavy atom. The maximum atomic E-state index is 11.6. The molecule has 1 aliphatic rings. The van der Waals surface area contributed by atoms with Gasteiger partial charge in [0.2, 0.25) is 5.91 Å². The highest BCUT2D eigenvalue weighted by atomic mass is 16.1. The molecule has 1 fully saturated rings. The van der Waals surface area contributed by atoms with Gasteiger partial charge < -0.3 is 10.6 Å². The summed E-state index contributed by atoms with van der Waals surface area (Å²) in [6.45, 7) is 1.44. The minimum absolute atomic E-state index is 0.149. The van der Waals surface area contributed by atoms with E-state index >= 15 is 0 Å². The molecule has 20 heavy (non-hydrogen) atoms. The Morgan fingerprint density at radius 1 is 1.25 bits per heavy atom. The monoisotopic (exact) mass is 269 g/mol. The molecule has 1 aromatic carbocycles. The van der Waals surface area contributed by atoms with Crippen LogP contribution >= 0.6 is 0 Å². The molecule has 104 valence electrons. The fraction of sp³-hybridized carbons (Fsp3) is 0.375. The largest absolute Gasteiger partial charge is 0.353 e. The van der Waals surface area contributed by atoms with Crippen LogP contribution in [-0.2, 0) is 11.3 Å². The first kappa shape index (κ1) is 13.1. The Morgan fingerprint density at radius 3 is 2.95 bits per heavy atom. The van der Waals surface area contributed by atoms with Crippen molar-refractivity contribution in [2.45, 2.75) is 31.8 Å². The number of hydrogen-bond donors (Lipinski definition) is 2. The maximum Gasteiger partial charge on any atom is 0.221 e. The predicted octanol–water partition coefficient (Wildman–Crippen LogP) is 1.99. The topological polar surface area (TPSA) is 54.0 Å². The Kier molecular flexibility index (Phi) is 3.92. The number of amides is 1. The molecule has 2 aromatic rings. The van der Waals surface area contributed by atoms with Crippen LogP contribution in [0.4, 0.5) is 0 Å². The number of fused-ring (bicyclic) bond motifs is 1. The van der Waals surface area contributed by atoms with Crippen LogP contribution in [-0.4, -0.2) is 23.5 Å². The van der Waals surface area contributed by atoms with Gasteiger partial charge in [-0.05, 0) is 23.8 Å². The molecule has 1 saturated carbocycles. The molecule has 0 radical (unpaired) electrons. The molecule has 0 unspecified atom stereocenters. The lowest BCUT2D eigenvalue weighted by Gasteiger charge is -2.08. The molecule has 0 atom stereocenters. The second kappa shape index (κ2) is 6.01. The van der Waals surface area contributed by atoms with E-state index in [2.05, 4.69) is 27.8 Å². The summed E-state index contributed by atoms with van der Waals surface area (Å²) in [5.74, 6) is 0.149. The van der Waals surface area contributed by atoms with Crippen molar-refractivity contribution in [3.63, 3.8) is 0 Å². The molecule has 1 amide bonds. The third-order valence-electron chi connectivity index (χ3n) is 3.54. The van der Waals surface area contributed by atoms with Crippen LogP contribution in [0.25, 0.3) is 10.8 Å². The number of rotatable bonds is 6. The summed E-state index contributed by atoms with van der Waals surface area (Å²) < 4.78 is 0. The molecule has 0 bridgehead atoms. The van der Waals surface area contributed by atoms with E-state index in [9.17, 15) is 4.79 Å². The van der Waals surface area contributed by atoms with E-state index < -0.39 is 0 Å². The lowest BCUT2D eigenvalue weighted by Crippen LogP contribution is -2.29. The van der Waals surface area contributed by atoms with Gasteiger partial charge in [0.05, 0.1) is 0 Å². The van der Waals surface area contributed by atoms with Crippen LogP contribution in [0.15, 0.2) is 36.7 Å². The van der Waals surface area contributed by atoms with Crippen molar-refractivity contribution >= 4 is 16.7 Å². The zero-order valence-corrected chi connectivity index (χ0v) is 11.4. The van der Waals surface area contributed by atoms with Crippen LogP contribution < -0.4 is 10.6 Å². The molecule has 1 aromatic heterocycles. The zero-order chi connectivity index (χ0) is 13.8. The molecule has 1 heterocycles. The van der Waals surface area contributed by atoms with Gasteiger partial charge in [-0.25, -0.2) is 0 Å². The van der Waals surface area contributed by atoms with Crippen molar-refractivity contribution in [3.8, 4) is 0 Å². The average molecular weight is 269 g/mol. The maximum absolute atomic E-state index is 11.6. The van der Waals surface area contributed by atoms with Crippen molar-refractivity contribution < 1.29 is 4.79 Å². The van der Waals surface area contributed by atoms with E-state index in [1.807, 2.05) is 24.5 Å². The van der Waals surface area contributed by atoms with Gasteiger partial charge in [0, 0.05) is 43.3 Å². The Balaban J connectivity index is 1.50. The number of aromatic nitrogens is 1. The molecule has 0 spiro atoms. The van der Waals surface area contributed by atoms with E-state index in [0.717, 1.165) is 24.8 Å². The minimum atomic E-state index is 0.149. The van der Waals surface area contributed by atoms with Crippen molar-refractivity contribution in [2.24, 2.45) is 0 Å².